The molecular weight excluding hydrogens is 223 g/mol. The highest BCUT2D eigenvalue weighted by Crippen LogP contribution is 2.28. The Morgan fingerprint density at radius 1 is 1.53 bits per heavy atom. The Labute approximate surface area is 98.9 Å². The molecule has 0 bridgehead atoms. The summed E-state index contributed by atoms with van der Waals surface area (Å²) in [7, 11) is 0. The molecule has 17 heavy (non-hydrogen) atoms. The SMILES string of the molecule is O=C(NCC1(O)CCCC1)c1cccnc1F. The molecule has 2 rings (SSSR count). The van der Waals surface area contributed by atoms with Crippen molar-refractivity contribution in [2.45, 2.75) is 31.3 Å². The van der Waals surface area contributed by atoms with Crippen LogP contribution in [0.4, 0.5) is 4.39 Å². The van der Waals surface area contributed by atoms with Gasteiger partial charge in [0, 0.05) is 12.7 Å². The fraction of sp³-hybridized carbons (Fsp3) is 0.500. The largest absolute Gasteiger partial charge is 0.388 e. The number of hydrogen-bond donors (Lipinski definition) is 2. The normalized spacial score (nSPS) is 18.0. The highest BCUT2D eigenvalue weighted by Gasteiger charge is 2.31. The maximum Gasteiger partial charge on any atom is 0.256 e. The van der Waals surface area contributed by atoms with Crippen LogP contribution >= 0.6 is 0 Å². The molecule has 0 aliphatic heterocycles. The van der Waals surface area contributed by atoms with Crippen LogP contribution in [0.2, 0.25) is 0 Å². The average Bonchev–Trinajstić information content (AvgIpc) is 2.74. The van der Waals surface area contributed by atoms with E-state index in [4.69, 9.17) is 0 Å². The number of rotatable bonds is 3. The summed E-state index contributed by atoms with van der Waals surface area (Å²) in [5.74, 6) is -1.32. The number of hydrogen-bond acceptors (Lipinski definition) is 3. The molecule has 0 aromatic carbocycles. The summed E-state index contributed by atoms with van der Waals surface area (Å²) in [4.78, 5) is 15.1. The summed E-state index contributed by atoms with van der Waals surface area (Å²) in [6, 6.07) is 2.87. The van der Waals surface area contributed by atoms with Gasteiger partial charge in [-0.05, 0) is 25.0 Å². The lowest BCUT2D eigenvalue weighted by atomic mass is 10.0. The van der Waals surface area contributed by atoms with Gasteiger partial charge in [0.05, 0.1) is 11.2 Å². The van der Waals surface area contributed by atoms with Crippen LogP contribution in [0, 0.1) is 5.95 Å². The molecule has 92 valence electrons. The van der Waals surface area contributed by atoms with Crippen LogP contribution < -0.4 is 5.32 Å². The summed E-state index contributed by atoms with van der Waals surface area (Å²) >= 11 is 0. The Bertz CT molecular complexity index is 417. The number of nitrogens with one attached hydrogen (secondary N) is 1. The maximum atomic E-state index is 13.2. The first kappa shape index (κ1) is 12.0. The van der Waals surface area contributed by atoms with E-state index in [1.54, 1.807) is 0 Å². The van der Waals surface area contributed by atoms with Gasteiger partial charge in [0.2, 0.25) is 5.95 Å². The standard InChI is InChI=1S/C12H15FN2O2/c13-10-9(4-3-7-14-10)11(16)15-8-12(17)5-1-2-6-12/h3-4,7,17H,1-2,5-6,8H2,(H,15,16). The number of aliphatic hydroxyl groups is 1. The maximum absolute atomic E-state index is 13.2. The van der Waals surface area contributed by atoms with Crippen molar-refractivity contribution in [3.63, 3.8) is 0 Å². The Balaban J connectivity index is 1.96. The highest BCUT2D eigenvalue weighted by molar-refractivity contribution is 5.94. The molecule has 1 aliphatic carbocycles. The van der Waals surface area contributed by atoms with Gasteiger partial charge < -0.3 is 10.4 Å². The summed E-state index contributed by atoms with van der Waals surface area (Å²) in [5, 5.41) is 12.6. The molecule has 1 amide bonds. The zero-order valence-electron chi connectivity index (χ0n) is 9.45. The summed E-state index contributed by atoms with van der Waals surface area (Å²) in [5.41, 5.74) is -0.914. The molecule has 1 aliphatic rings. The topological polar surface area (TPSA) is 62.2 Å². The third-order valence-electron chi connectivity index (χ3n) is 3.12. The lowest BCUT2D eigenvalue weighted by Crippen LogP contribution is -2.41. The number of nitrogens with zero attached hydrogens (tertiary/aromatic N) is 1. The molecule has 1 fully saturated rings. The van der Waals surface area contributed by atoms with Gasteiger partial charge >= 0.3 is 0 Å². The van der Waals surface area contributed by atoms with Crippen molar-refractivity contribution < 1.29 is 14.3 Å². The average molecular weight is 238 g/mol. The number of halogens is 1. The van der Waals surface area contributed by atoms with Gasteiger partial charge in [-0.25, -0.2) is 4.98 Å². The molecular formula is C12H15FN2O2. The van der Waals surface area contributed by atoms with E-state index in [0.29, 0.717) is 12.8 Å². The zero-order chi connectivity index (χ0) is 12.3. The van der Waals surface area contributed by atoms with Crippen molar-refractivity contribution in [2.24, 2.45) is 0 Å². The van der Waals surface area contributed by atoms with Crippen LogP contribution in [0.3, 0.4) is 0 Å². The molecule has 1 aromatic heterocycles. The molecule has 4 nitrogen and oxygen atoms in total. The van der Waals surface area contributed by atoms with Crippen molar-refractivity contribution in [1.29, 1.82) is 0 Å². The molecule has 1 saturated carbocycles. The molecule has 1 heterocycles. The lowest BCUT2D eigenvalue weighted by Gasteiger charge is -2.22. The number of carbonyl (C=O) groups excluding carboxylic acids is 1. The van der Waals surface area contributed by atoms with Crippen LogP contribution in [0.5, 0.6) is 0 Å². The van der Waals surface area contributed by atoms with Gasteiger partial charge in [0.25, 0.3) is 5.91 Å². The minimum absolute atomic E-state index is 0.0888. The number of carbonyl (C=O) groups is 1. The van der Waals surface area contributed by atoms with E-state index >= 15 is 0 Å². The number of amides is 1. The zero-order valence-corrected chi connectivity index (χ0v) is 9.45. The number of aromatic nitrogens is 1. The Morgan fingerprint density at radius 2 is 2.24 bits per heavy atom. The summed E-state index contributed by atoms with van der Waals surface area (Å²) in [6.07, 6.45) is 4.59. The van der Waals surface area contributed by atoms with Crippen LogP contribution in [0.25, 0.3) is 0 Å². The number of pyridine rings is 1. The van der Waals surface area contributed by atoms with E-state index in [1.165, 1.54) is 18.3 Å². The fourth-order valence-electron chi connectivity index (χ4n) is 2.11. The third kappa shape index (κ3) is 2.79. The Hall–Kier alpha value is -1.49. The second-order valence-electron chi connectivity index (χ2n) is 4.46. The van der Waals surface area contributed by atoms with E-state index in [2.05, 4.69) is 10.3 Å². The van der Waals surface area contributed by atoms with Gasteiger partial charge in [0.1, 0.15) is 0 Å². The van der Waals surface area contributed by atoms with Crippen LogP contribution in [-0.2, 0) is 0 Å². The molecule has 0 spiro atoms. The van der Waals surface area contributed by atoms with E-state index in [-0.39, 0.29) is 12.1 Å². The molecule has 0 radical (unpaired) electrons. The first-order chi connectivity index (χ1) is 8.11. The first-order valence-electron chi connectivity index (χ1n) is 5.72. The minimum Gasteiger partial charge on any atom is -0.388 e. The summed E-state index contributed by atoms with van der Waals surface area (Å²) < 4.78 is 13.2. The van der Waals surface area contributed by atoms with Crippen LogP contribution in [0.15, 0.2) is 18.3 Å². The molecule has 1 aromatic rings. The van der Waals surface area contributed by atoms with Crippen molar-refractivity contribution in [2.75, 3.05) is 6.54 Å². The lowest BCUT2D eigenvalue weighted by molar-refractivity contribution is 0.0448. The minimum atomic E-state index is -0.825. The molecule has 0 atom stereocenters. The second kappa shape index (κ2) is 4.79. The van der Waals surface area contributed by atoms with E-state index < -0.39 is 17.5 Å². The molecule has 2 N–H and O–H groups in total. The molecule has 5 heteroatoms. The summed E-state index contributed by atoms with van der Waals surface area (Å²) in [6.45, 7) is 0.167. The van der Waals surface area contributed by atoms with Crippen molar-refractivity contribution in [1.82, 2.24) is 10.3 Å². The van der Waals surface area contributed by atoms with Gasteiger partial charge in [-0.15, -0.1) is 0 Å². The smallest absolute Gasteiger partial charge is 0.256 e. The second-order valence-corrected chi connectivity index (χ2v) is 4.46. The quantitative estimate of drug-likeness (QED) is 0.779. The Morgan fingerprint density at radius 3 is 2.88 bits per heavy atom. The molecule has 0 saturated heterocycles. The van der Waals surface area contributed by atoms with E-state index in [0.717, 1.165) is 12.8 Å². The van der Waals surface area contributed by atoms with Crippen molar-refractivity contribution >= 4 is 5.91 Å². The third-order valence-corrected chi connectivity index (χ3v) is 3.12. The van der Waals surface area contributed by atoms with Crippen LogP contribution in [-0.4, -0.2) is 28.1 Å². The predicted molar refractivity (Wildman–Crippen MR) is 59.9 cm³/mol. The first-order valence-corrected chi connectivity index (χ1v) is 5.72. The van der Waals surface area contributed by atoms with Gasteiger partial charge in [-0.3, -0.25) is 4.79 Å². The fourth-order valence-corrected chi connectivity index (χ4v) is 2.11. The van der Waals surface area contributed by atoms with E-state index in [1.807, 2.05) is 0 Å². The Kier molecular flexibility index (Phi) is 3.38. The van der Waals surface area contributed by atoms with Gasteiger partial charge in [-0.1, -0.05) is 12.8 Å². The monoisotopic (exact) mass is 238 g/mol. The van der Waals surface area contributed by atoms with Crippen LogP contribution in [0.1, 0.15) is 36.0 Å². The molecule has 0 unspecified atom stereocenters. The van der Waals surface area contributed by atoms with E-state index in [9.17, 15) is 14.3 Å². The van der Waals surface area contributed by atoms with Crippen molar-refractivity contribution in [3.8, 4) is 0 Å². The van der Waals surface area contributed by atoms with Gasteiger partial charge in [0.15, 0.2) is 0 Å². The highest BCUT2D eigenvalue weighted by atomic mass is 19.1. The van der Waals surface area contributed by atoms with Gasteiger partial charge in [-0.2, -0.15) is 4.39 Å². The van der Waals surface area contributed by atoms with Crippen molar-refractivity contribution in [3.05, 3.63) is 29.8 Å². The predicted octanol–water partition coefficient (Wildman–Crippen LogP) is 1.26.